The maximum absolute atomic E-state index is 8.09. The normalized spacial score (nSPS) is 10.2. The lowest BCUT2D eigenvalue weighted by Gasteiger charge is -2.12. The first kappa shape index (κ1) is 15.7. The van der Waals surface area contributed by atoms with Gasteiger partial charge in [0, 0.05) is 17.8 Å². The first-order valence-corrected chi connectivity index (χ1v) is 7.89. The van der Waals surface area contributed by atoms with Crippen LogP contribution in [0.25, 0.3) is 0 Å². The molecule has 3 rings (SSSR count). The summed E-state index contributed by atoms with van der Waals surface area (Å²) in [5.74, 6) is 0.864. The quantitative estimate of drug-likeness (QED) is 0.492. The van der Waals surface area contributed by atoms with E-state index in [0.717, 1.165) is 23.4 Å². The monoisotopic (exact) mass is 316 g/mol. The van der Waals surface area contributed by atoms with E-state index >= 15 is 0 Å². The van der Waals surface area contributed by atoms with E-state index in [9.17, 15) is 0 Å². The summed E-state index contributed by atoms with van der Waals surface area (Å²) in [6, 6.07) is 23.9. The highest BCUT2D eigenvalue weighted by molar-refractivity contribution is 6.01. The molecule has 4 heteroatoms. The van der Waals surface area contributed by atoms with Crippen molar-refractivity contribution in [3.63, 3.8) is 0 Å². The highest BCUT2D eigenvalue weighted by Gasteiger charge is 2.04. The van der Waals surface area contributed by atoms with Gasteiger partial charge in [0.2, 0.25) is 0 Å². The number of nitrogens with one attached hydrogen (secondary N) is 3. The molecule has 4 nitrogen and oxygen atoms in total. The zero-order valence-electron chi connectivity index (χ0n) is 13.6. The third kappa shape index (κ3) is 4.20. The first-order valence-electron chi connectivity index (χ1n) is 7.89. The van der Waals surface area contributed by atoms with Crippen molar-refractivity contribution in [2.75, 3.05) is 10.6 Å². The average molecular weight is 316 g/mol. The minimum absolute atomic E-state index is 0.202. The van der Waals surface area contributed by atoms with Crippen LogP contribution in [0.2, 0.25) is 0 Å². The van der Waals surface area contributed by atoms with Gasteiger partial charge in [0.1, 0.15) is 5.82 Å². The molecular formula is C20H20N4. The minimum atomic E-state index is 0.202. The number of nitrogens with zero attached hydrogens (tertiary/aromatic N) is 1. The third-order valence-corrected chi connectivity index (χ3v) is 3.69. The van der Waals surface area contributed by atoms with Crippen LogP contribution >= 0.6 is 0 Å². The number of guanidine groups is 1. The van der Waals surface area contributed by atoms with Gasteiger partial charge in [-0.1, -0.05) is 54.6 Å². The molecule has 1 aromatic heterocycles. The topological polar surface area (TPSA) is 60.8 Å². The molecule has 0 bridgehead atoms. The van der Waals surface area contributed by atoms with Gasteiger partial charge in [-0.15, -0.1) is 0 Å². The summed E-state index contributed by atoms with van der Waals surface area (Å²) in [7, 11) is 0. The van der Waals surface area contributed by atoms with Gasteiger partial charge in [-0.05, 0) is 36.2 Å². The third-order valence-electron chi connectivity index (χ3n) is 3.69. The van der Waals surface area contributed by atoms with Gasteiger partial charge in [0.05, 0.1) is 0 Å². The Bertz CT molecular complexity index is 828. The predicted molar refractivity (Wildman–Crippen MR) is 99.6 cm³/mol. The second kappa shape index (κ2) is 7.42. The number of anilines is 2. The molecule has 3 N–H and O–H groups in total. The molecule has 120 valence electrons. The zero-order chi connectivity index (χ0) is 16.8. The van der Waals surface area contributed by atoms with Gasteiger partial charge in [-0.3, -0.25) is 5.41 Å². The SMILES string of the molecule is Cc1ccccc1NC(=N)Nc1cccc(Cc2ccccc2)n1. The summed E-state index contributed by atoms with van der Waals surface area (Å²) in [5.41, 5.74) is 4.19. The maximum Gasteiger partial charge on any atom is 0.198 e. The fourth-order valence-corrected chi connectivity index (χ4v) is 2.46. The van der Waals surface area contributed by atoms with Crippen LogP contribution in [-0.4, -0.2) is 10.9 Å². The molecule has 0 saturated carbocycles. The molecule has 0 atom stereocenters. The molecule has 0 saturated heterocycles. The van der Waals surface area contributed by atoms with Crippen LogP contribution in [0.5, 0.6) is 0 Å². The number of rotatable bonds is 4. The molecule has 0 fully saturated rings. The Morgan fingerprint density at radius 2 is 1.62 bits per heavy atom. The fourth-order valence-electron chi connectivity index (χ4n) is 2.46. The first-order chi connectivity index (χ1) is 11.7. The van der Waals surface area contributed by atoms with E-state index in [1.54, 1.807) is 0 Å². The van der Waals surface area contributed by atoms with Crippen LogP contribution in [0.3, 0.4) is 0 Å². The van der Waals surface area contributed by atoms with E-state index in [1.165, 1.54) is 5.56 Å². The van der Waals surface area contributed by atoms with E-state index in [4.69, 9.17) is 5.41 Å². The van der Waals surface area contributed by atoms with E-state index in [0.29, 0.717) is 5.82 Å². The second-order valence-electron chi connectivity index (χ2n) is 5.62. The van der Waals surface area contributed by atoms with Crippen molar-refractivity contribution in [1.29, 1.82) is 5.41 Å². The zero-order valence-corrected chi connectivity index (χ0v) is 13.6. The lowest BCUT2D eigenvalue weighted by Crippen LogP contribution is -2.21. The van der Waals surface area contributed by atoms with Crippen molar-refractivity contribution in [1.82, 2.24) is 4.98 Å². The minimum Gasteiger partial charge on any atom is -0.326 e. The molecule has 2 aromatic carbocycles. The van der Waals surface area contributed by atoms with Gasteiger partial charge < -0.3 is 10.6 Å². The number of benzene rings is 2. The van der Waals surface area contributed by atoms with Crippen LogP contribution in [0.1, 0.15) is 16.8 Å². The summed E-state index contributed by atoms with van der Waals surface area (Å²) in [6.45, 7) is 2.01. The molecule has 0 spiro atoms. The molecule has 0 aliphatic heterocycles. The van der Waals surface area contributed by atoms with Crippen molar-refractivity contribution in [2.24, 2.45) is 0 Å². The van der Waals surface area contributed by atoms with Crippen LogP contribution < -0.4 is 10.6 Å². The maximum atomic E-state index is 8.09. The Kier molecular flexibility index (Phi) is 4.87. The predicted octanol–water partition coefficient (Wildman–Crippen LogP) is 4.44. The standard InChI is InChI=1S/C20H20N4/c1-15-8-5-6-12-18(15)23-20(21)24-19-13-7-11-17(22-19)14-16-9-3-2-4-10-16/h2-13H,14H2,1H3,(H3,21,22,23,24). The average Bonchev–Trinajstić information content (AvgIpc) is 2.58. The highest BCUT2D eigenvalue weighted by atomic mass is 15.2. The Morgan fingerprint density at radius 3 is 2.42 bits per heavy atom. The molecule has 0 amide bonds. The number of pyridine rings is 1. The van der Waals surface area contributed by atoms with Gasteiger partial charge in [0.25, 0.3) is 0 Å². The molecule has 0 aliphatic rings. The summed E-state index contributed by atoms with van der Waals surface area (Å²) >= 11 is 0. The Balaban J connectivity index is 1.66. The molecule has 0 radical (unpaired) electrons. The van der Waals surface area contributed by atoms with Crippen LogP contribution in [0, 0.1) is 12.3 Å². The smallest absolute Gasteiger partial charge is 0.198 e. The number of hydrogen-bond acceptors (Lipinski definition) is 2. The van der Waals surface area contributed by atoms with Gasteiger partial charge in [-0.25, -0.2) is 4.98 Å². The van der Waals surface area contributed by atoms with E-state index in [1.807, 2.05) is 67.6 Å². The summed E-state index contributed by atoms with van der Waals surface area (Å²) in [6.07, 6.45) is 0.773. The molecular weight excluding hydrogens is 296 g/mol. The van der Waals surface area contributed by atoms with Gasteiger partial charge in [-0.2, -0.15) is 0 Å². The Morgan fingerprint density at radius 1 is 0.875 bits per heavy atom. The second-order valence-corrected chi connectivity index (χ2v) is 5.62. The van der Waals surface area contributed by atoms with E-state index in [-0.39, 0.29) is 5.96 Å². The number of aromatic nitrogens is 1. The van der Waals surface area contributed by atoms with E-state index in [2.05, 4.69) is 27.8 Å². The van der Waals surface area contributed by atoms with E-state index < -0.39 is 0 Å². The summed E-state index contributed by atoms with van der Waals surface area (Å²) in [4.78, 5) is 4.58. The van der Waals surface area contributed by atoms with Crippen LogP contribution in [-0.2, 0) is 6.42 Å². The van der Waals surface area contributed by atoms with Crippen LogP contribution in [0.4, 0.5) is 11.5 Å². The van der Waals surface area contributed by atoms with Gasteiger partial charge >= 0.3 is 0 Å². The Hall–Kier alpha value is -3.14. The van der Waals surface area contributed by atoms with Crippen molar-refractivity contribution < 1.29 is 0 Å². The van der Waals surface area contributed by atoms with Crippen LogP contribution in [0.15, 0.2) is 72.8 Å². The molecule has 3 aromatic rings. The van der Waals surface area contributed by atoms with Crippen molar-refractivity contribution in [2.45, 2.75) is 13.3 Å². The number of hydrogen-bond donors (Lipinski definition) is 3. The number of para-hydroxylation sites is 1. The fraction of sp³-hybridized carbons (Fsp3) is 0.100. The number of aryl methyl sites for hydroxylation is 1. The molecule has 0 aliphatic carbocycles. The summed E-state index contributed by atoms with van der Waals surface area (Å²) < 4.78 is 0. The molecule has 0 unspecified atom stereocenters. The van der Waals surface area contributed by atoms with Gasteiger partial charge in [0.15, 0.2) is 5.96 Å². The molecule has 1 heterocycles. The summed E-state index contributed by atoms with van der Waals surface area (Å²) in [5, 5.41) is 14.2. The lowest BCUT2D eigenvalue weighted by atomic mass is 10.1. The Labute approximate surface area is 142 Å². The molecule has 24 heavy (non-hydrogen) atoms. The van der Waals surface area contributed by atoms with Crippen molar-refractivity contribution >= 4 is 17.5 Å². The van der Waals surface area contributed by atoms with Crippen molar-refractivity contribution in [3.8, 4) is 0 Å². The lowest BCUT2D eigenvalue weighted by molar-refractivity contribution is 1.08. The highest BCUT2D eigenvalue weighted by Crippen LogP contribution is 2.14. The largest absolute Gasteiger partial charge is 0.326 e. The van der Waals surface area contributed by atoms with Crippen molar-refractivity contribution in [3.05, 3.63) is 89.6 Å².